The SMILES string of the molecule is CCN=C1C=CC(=C(c2ccc(NCC)cc2)c2ccc(S(=O)(=O)[O-])cc2S(=O)(=O)O)C=C1C.[Na+]. The van der Waals surface area contributed by atoms with Crippen LogP contribution in [0, 0.1) is 0 Å². The molecule has 0 spiro atoms. The molecule has 0 heterocycles. The standard InChI is InChI=1S/C24H26N2O6S2.Na/c1-4-25-19-9-6-17(7-10-19)24(18-8-13-22(26-5-2)16(3)14-18)21-12-11-20(33(27,28)29)15-23(21)34(30,31)32;/h6-15,25H,4-5H2,1-3H3,(H,27,28,29)(H,30,31,32);/q;+1/p-1. The number of aliphatic imine (C=N–C) groups is 1. The normalized spacial score (nSPS) is 16.5. The Kier molecular flexibility index (Phi) is 9.83. The van der Waals surface area contributed by atoms with E-state index >= 15 is 0 Å². The molecular formula is C24H25N2NaO6S2. The van der Waals surface area contributed by atoms with E-state index < -0.39 is 30.0 Å². The van der Waals surface area contributed by atoms with Crippen LogP contribution in [0.1, 0.15) is 31.9 Å². The van der Waals surface area contributed by atoms with Crippen LogP contribution >= 0.6 is 0 Å². The summed E-state index contributed by atoms with van der Waals surface area (Å²) in [5.74, 6) is 0. The fourth-order valence-electron chi connectivity index (χ4n) is 3.67. The van der Waals surface area contributed by atoms with Gasteiger partial charge in [0, 0.05) is 24.3 Å². The molecule has 1 aliphatic rings. The van der Waals surface area contributed by atoms with Gasteiger partial charge in [0.25, 0.3) is 10.1 Å². The fraction of sp³-hybridized carbons (Fsp3) is 0.208. The summed E-state index contributed by atoms with van der Waals surface area (Å²) < 4.78 is 69.0. The van der Waals surface area contributed by atoms with Crippen LogP contribution < -0.4 is 34.9 Å². The first-order chi connectivity index (χ1) is 16.0. The van der Waals surface area contributed by atoms with Crippen LogP contribution in [0.4, 0.5) is 5.69 Å². The summed E-state index contributed by atoms with van der Waals surface area (Å²) in [6, 6.07) is 10.2. The Morgan fingerprint density at radius 3 is 2.20 bits per heavy atom. The Morgan fingerprint density at radius 1 is 1.03 bits per heavy atom. The van der Waals surface area contributed by atoms with Crippen molar-refractivity contribution in [3.05, 3.63) is 83.0 Å². The molecule has 0 saturated carbocycles. The number of nitrogens with one attached hydrogen (secondary N) is 1. The van der Waals surface area contributed by atoms with Crippen LogP contribution in [-0.2, 0) is 20.2 Å². The zero-order chi connectivity index (χ0) is 25.1. The Balaban J connectivity index is 0.00000432. The van der Waals surface area contributed by atoms with Crippen molar-refractivity contribution in [1.29, 1.82) is 0 Å². The van der Waals surface area contributed by atoms with Gasteiger partial charge in [0.1, 0.15) is 15.0 Å². The maximum Gasteiger partial charge on any atom is 1.00 e. The zero-order valence-electron chi connectivity index (χ0n) is 19.9. The van der Waals surface area contributed by atoms with Crippen molar-refractivity contribution in [2.75, 3.05) is 18.4 Å². The summed E-state index contributed by atoms with van der Waals surface area (Å²) in [6.07, 6.45) is 5.43. The number of hydrogen-bond donors (Lipinski definition) is 2. The van der Waals surface area contributed by atoms with E-state index in [4.69, 9.17) is 0 Å². The molecule has 0 atom stereocenters. The van der Waals surface area contributed by atoms with Gasteiger partial charge in [-0.15, -0.1) is 0 Å². The van der Waals surface area contributed by atoms with Gasteiger partial charge in [-0.1, -0.05) is 24.3 Å². The van der Waals surface area contributed by atoms with Crippen molar-refractivity contribution in [3.8, 4) is 0 Å². The third-order valence-corrected chi connectivity index (χ3v) is 6.88. The van der Waals surface area contributed by atoms with Gasteiger partial charge in [-0.05, 0) is 79.5 Å². The first kappa shape index (κ1) is 29.2. The number of nitrogens with zero attached hydrogens (tertiary/aromatic N) is 1. The van der Waals surface area contributed by atoms with Gasteiger partial charge in [-0.3, -0.25) is 9.55 Å². The minimum Gasteiger partial charge on any atom is -0.744 e. The molecule has 8 nitrogen and oxygen atoms in total. The molecule has 1 aliphatic carbocycles. The predicted molar refractivity (Wildman–Crippen MR) is 132 cm³/mol. The van der Waals surface area contributed by atoms with Crippen LogP contribution in [0.2, 0.25) is 0 Å². The van der Waals surface area contributed by atoms with Crippen molar-refractivity contribution in [2.45, 2.75) is 30.6 Å². The Labute approximate surface area is 228 Å². The van der Waals surface area contributed by atoms with Gasteiger partial charge in [0.15, 0.2) is 0 Å². The van der Waals surface area contributed by atoms with Gasteiger partial charge in [-0.2, -0.15) is 8.42 Å². The number of allylic oxidation sites excluding steroid dienone is 5. The maximum atomic E-state index is 12.3. The molecule has 0 saturated heterocycles. The Hall–Kier alpha value is -2.05. The second-order valence-electron chi connectivity index (χ2n) is 7.55. The molecule has 0 unspecified atom stereocenters. The quantitative estimate of drug-likeness (QED) is 0.408. The van der Waals surface area contributed by atoms with Crippen LogP contribution in [0.15, 0.2) is 86.6 Å². The second-order valence-corrected chi connectivity index (χ2v) is 10.3. The van der Waals surface area contributed by atoms with Crippen LogP contribution in [0.25, 0.3) is 5.57 Å². The van der Waals surface area contributed by atoms with E-state index in [0.717, 1.165) is 29.6 Å². The molecule has 35 heavy (non-hydrogen) atoms. The number of rotatable bonds is 7. The minimum absolute atomic E-state index is 0. The minimum atomic E-state index is -4.94. The largest absolute Gasteiger partial charge is 1.00 e. The van der Waals surface area contributed by atoms with E-state index in [-0.39, 0.29) is 35.1 Å². The van der Waals surface area contributed by atoms with Crippen molar-refractivity contribution in [3.63, 3.8) is 0 Å². The summed E-state index contributed by atoms with van der Waals surface area (Å²) >= 11 is 0. The van der Waals surface area contributed by atoms with E-state index in [9.17, 15) is 25.9 Å². The van der Waals surface area contributed by atoms with E-state index in [0.29, 0.717) is 29.3 Å². The maximum absolute atomic E-state index is 12.3. The topological polar surface area (TPSA) is 136 Å². The molecule has 0 aromatic heterocycles. The summed E-state index contributed by atoms with van der Waals surface area (Å²) in [7, 11) is -9.82. The molecule has 2 aromatic rings. The van der Waals surface area contributed by atoms with Crippen LogP contribution in [-0.4, -0.2) is 44.7 Å². The van der Waals surface area contributed by atoms with Gasteiger partial charge in [0.05, 0.1) is 10.6 Å². The molecule has 0 fully saturated rings. The van der Waals surface area contributed by atoms with Crippen molar-refractivity contribution in [2.24, 2.45) is 4.99 Å². The fourth-order valence-corrected chi connectivity index (χ4v) is 4.97. The Bertz CT molecular complexity index is 1440. The first-order valence-corrected chi connectivity index (χ1v) is 13.4. The molecule has 180 valence electrons. The molecule has 0 aliphatic heterocycles. The van der Waals surface area contributed by atoms with E-state index in [1.807, 2.05) is 45.1 Å². The van der Waals surface area contributed by atoms with Crippen molar-refractivity contribution in [1.82, 2.24) is 0 Å². The molecule has 2 aromatic carbocycles. The molecular weight excluding hydrogens is 499 g/mol. The smallest absolute Gasteiger partial charge is 0.744 e. The van der Waals surface area contributed by atoms with Crippen LogP contribution in [0.3, 0.4) is 0 Å². The van der Waals surface area contributed by atoms with Crippen molar-refractivity contribution >= 4 is 37.2 Å². The predicted octanol–water partition coefficient (Wildman–Crippen LogP) is 1.05. The van der Waals surface area contributed by atoms with Gasteiger partial charge in [-0.25, -0.2) is 8.42 Å². The molecule has 0 bridgehead atoms. The number of anilines is 1. The summed E-state index contributed by atoms with van der Waals surface area (Å²) in [5, 5.41) is 3.18. The third-order valence-electron chi connectivity index (χ3n) is 5.16. The monoisotopic (exact) mass is 524 g/mol. The van der Waals surface area contributed by atoms with Gasteiger partial charge in [0.2, 0.25) is 0 Å². The molecule has 11 heteroatoms. The molecule has 2 N–H and O–H groups in total. The van der Waals surface area contributed by atoms with Crippen molar-refractivity contribution < 1.29 is 55.5 Å². The van der Waals surface area contributed by atoms with Gasteiger partial charge < -0.3 is 9.87 Å². The number of benzene rings is 2. The molecule has 3 rings (SSSR count). The molecule has 0 radical (unpaired) electrons. The van der Waals surface area contributed by atoms with E-state index in [1.165, 1.54) is 6.07 Å². The summed E-state index contributed by atoms with van der Waals surface area (Å²) in [4.78, 5) is 3.00. The van der Waals surface area contributed by atoms with Crippen LogP contribution in [0.5, 0.6) is 0 Å². The number of hydrogen-bond acceptors (Lipinski definition) is 7. The Morgan fingerprint density at radius 2 is 1.69 bits per heavy atom. The summed E-state index contributed by atoms with van der Waals surface area (Å²) in [5.41, 5.74) is 4.27. The first-order valence-electron chi connectivity index (χ1n) is 10.5. The van der Waals surface area contributed by atoms with Gasteiger partial charge >= 0.3 is 29.6 Å². The second kappa shape index (κ2) is 11.8. The van der Waals surface area contributed by atoms with E-state index in [2.05, 4.69) is 10.3 Å². The molecule has 0 amide bonds. The third kappa shape index (κ3) is 7.01. The average molecular weight is 525 g/mol. The summed E-state index contributed by atoms with van der Waals surface area (Å²) in [6.45, 7) is 7.07. The zero-order valence-corrected chi connectivity index (χ0v) is 23.6. The van der Waals surface area contributed by atoms with E-state index in [1.54, 1.807) is 18.2 Å². The average Bonchev–Trinajstić information content (AvgIpc) is 2.76.